The fourth-order valence-electron chi connectivity index (χ4n) is 2.96. The molecule has 0 radical (unpaired) electrons. The summed E-state index contributed by atoms with van der Waals surface area (Å²) in [5, 5.41) is 0. The Labute approximate surface area is 136 Å². The highest BCUT2D eigenvalue weighted by Gasteiger charge is 2.21. The van der Waals surface area contributed by atoms with Crippen LogP contribution in [-0.4, -0.2) is 16.2 Å². The molecule has 1 aliphatic carbocycles. The number of Topliss-reactive ketones (excluding diaryl/α,β-unsaturated/α-hetero) is 1. The molecule has 0 N–H and O–H groups in total. The summed E-state index contributed by atoms with van der Waals surface area (Å²) in [6.45, 7) is 4.05. The minimum absolute atomic E-state index is 0.0487. The summed E-state index contributed by atoms with van der Waals surface area (Å²) in [4.78, 5) is 13.6. The molecule has 2 unspecified atom stereocenters. The average molecular weight is 318 g/mol. The summed E-state index contributed by atoms with van der Waals surface area (Å²) in [6, 6.07) is 7.63. The molecule has 0 saturated heterocycles. The first-order valence-corrected chi connectivity index (χ1v) is 9.78. The zero-order chi connectivity index (χ0) is 16.1. The van der Waals surface area contributed by atoms with Crippen LogP contribution < -0.4 is 0 Å². The van der Waals surface area contributed by atoms with Crippen molar-refractivity contribution >= 4 is 22.2 Å². The summed E-state index contributed by atoms with van der Waals surface area (Å²) in [7, 11) is -0.980. The monoisotopic (exact) mass is 318 g/mol. The number of benzene rings is 1. The largest absolute Gasteiger partial charge is 0.294 e. The van der Waals surface area contributed by atoms with E-state index in [1.807, 2.05) is 31.2 Å². The van der Waals surface area contributed by atoms with E-state index in [4.69, 9.17) is 0 Å². The van der Waals surface area contributed by atoms with Crippen molar-refractivity contribution in [3.05, 3.63) is 35.9 Å². The molecule has 2 atom stereocenters. The third-order valence-electron chi connectivity index (χ3n) is 4.62. The van der Waals surface area contributed by atoms with Crippen molar-refractivity contribution in [2.45, 2.75) is 50.8 Å². The van der Waals surface area contributed by atoms with Crippen molar-refractivity contribution in [1.29, 1.82) is 0 Å². The van der Waals surface area contributed by atoms with E-state index in [1.165, 1.54) is 25.7 Å². The second-order valence-electron chi connectivity index (χ2n) is 6.28. The maximum absolute atomic E-state index is 12.8. The number of allylic oxidation sites excluding steroid dienone is 2. The average Bonchev–Trinajstić information content (AvgIpc) is 3.04. The van der Waals surface area contributed by atoms with Gasteiger partial charge in [-0.15, -0.1) is 0 Å². The van der Waals surface area contributed by atoms with Gasteiger partial charge in [-0.25, -0.2) is 0 Å². The molecule has 1 aliphatic rings. The van der Waals surface area contributed by atoms with Gasteiger partial charge in [0.05, 0.1) is 0 Å². The highest BCUT2D eigenvalue weighted by atomic mass is 32.2. The molecule has 0 aliphatic heterocycles. The molecule has 1 saturated carbocycles. The lowest BCUT2D eigenvalue weighted by Crippen LogP contribution is -2.13. The van der Waals surface area contributed by atoms with Crippen LogP contribution in [-0.2, 0) is 15.6 Å². The molecule has 1 fully saturated rings. The predicted molar refractivity (Wildman–Crippen MR) is 93.2 cm³/mol. The zero-order valence-corrected chi connectivity index (χ0v) is 14.6. The van der Waals surface area contributed by atoms with Gasteiger partial charge in [0.1, 0.15) is 0 Å². The molecule has 0 aromatic heterocycles. The molecular weight excluding hydrogens is 292 g/mol. The number of carbonyl (C=O) groups excluding carboxylic acids is 1. The lowest BCUT2D eigenvalue weighted by Gasteiger charge is -2.14. The number of ketones is 1. The molecule has 3 heteroatoms. The Kier molecular flexibility index (Phi) is 6.13. The van der Waals surface area contributed by atoms with Crippen LogP contribution in [0, 0.1) is 11.8 Å². The molecule has 22 heavy (non-hydrogen) atoms. The SMILES string of the molecule is CCC(C)C(=O)/C(=C/C1CCCC1)c1ccc(S(C)=O)cc1. The topological polar surface area (TPSA) is 34.1 Å². The third-order valence-corrected chi connectivity index (χ3v) is 5.56. The minimum atomic E-state index is -0.980. The Morgan fingerprint density at radius 1 is 1.27 bits per heavy atom. The molecule has 1 aromatic carbocycles. The Morgan fingerprint density at radius 3 is 2.36 bits per heavy atom. The normalized spacial score (nSPS) is 19.1. The minimum Gasteiger partial charge on any atom is -0.294 e. The molecule has 2 rings (SSSR count). The van der Waals surface area contributed by atoms with Crippen LogP contribution in [0.5, 0.6) is 0 Å². The van der Waals surface area contributed by atoms with Crippen molar-refractivity contribution in [2.24, 2.45) is 11.8 Å². The predicted octanol–water partition coefficient (Wildman–Crippen LogP) is 4.61. The van der Waals surface area contributed by atoms with E-state index in [9.17, 15) is 9.00 Å². The maximum Gasteiger partial charge on any atom is 0.165 e. The van der Waals surface area contributed by atoms with Gasteiger partial charge in [0, 0.05) is 33.4 Å². The van der Waals surface area contributed by atoms with Crippen molar-refractivity contribution in [3.63, 3.8) is 0 Å². The quantitative estimate of drug-likeness (QED) is 0.718. The standard InChI is InChI=1S/C19H26O2S/c1-4-14(2)19(20)18(13-15-7-5-6-8-15)16-9-11-17(12-10-16)22(3)21/h9-15H,4-8H2,1-3H3/b18-13+. The van der Waals surface area contributed by atoms with Crippen LogP contribution in [0.2, 0.25) is 0 Å². The Hall–Kier alpha value is -1.22. The third kappa shape index (κ3) is 4.16. The van der Waals surface area contributed by atoms with E-state index in [0.717, 1.165) is 22.5 Å². The molecule has 2 nitrogen and oxygen atoms in total. The number of hydrogen-bond acceptors (Lipinski definition) is 2. The zero-order valence-electron chi connectivity index (χ0n) is 13.8. The van der Waals surface area contributed by atoms with Crippen LogP contribution in [0.25, 0.3) is 5.57 Å². The second kappa shape index (κ2) is 7.87. The maximum atomic E-state index is 12.8. The Bertz CT molecular complexity index is 566. The number of carbonyl (C=O) groups is 1. The number of hydrogen-bond donors (Lipinski definition) is 0. The highest BCUT2D eigenvalue weighted by Crippen LogP contribution is 2.31. The first kappa shape index (κ1) is 17.1. The van der Waals surface area contributed by atoms with Gasteiger partial charge >= 0.3 is 0 Å². The van der Waals surface area contributed by atoms with Gasteiger partial charge in [-0.2, -0.15) is 0 Å². The van der Waals surface area contributed by atoms with E-state index in [-0.39, 0.29) is 11.7 Å². The van der Waals surface area contributed by atoms with Gasteiger partial charge in [-0.1, -0.05) is 44.9 Å². The van der Waals surface area contributed by atoms with E-state index in [1.54, 1.807) is 6.26 Å². The fraction of sp³-hybridized carbons (Fsp3) is 0.526. The van der Waals surface area contributed by atoms with Crippen LogP contribution in [0.3, 0.4) is 0 Å². The first-order valence-electron chi connectivity index (χ1n) is 8.22. The molecule has 0 amide bonds. The number of rotatable bonds is 6. The van der Waals surface area contributed by atoms with Gasteiger partial charge in [0.15, 0.2) is 5.78 Å². The Morgan fingerprint density at radius 2 is 1.86 bits per heavy atom. The van der Waals surface area contributed by atoms with Crippen LogP contribution in [0.4, 0.5) is 0 Å². The lowest BCUT2D eigenvalue weighted by molar-refractivity contribution is -0.116. The van der Waals surface area contributed by atoms with Gasteiger partial charge in [0.2, 0.25) is 0 Å². The summed E-state index contributed by atoms with van der Waals surface area (Å²) in [5.41, 5.74) is 1.82. The second-order valence-corrected chi connectivity index (χ2v) is 7.66. The Balaban J connectivity index is 2.34. The molecule has 120 valence electrons. The van der Waals surface area contributed by atoms with E-state index in [0.29, 0.717) is 5.92 Å². The van der Waals surface area contributed by atoms with Crippen LogP contribution in [0.15, 0.2) is 35.2 Å². The smallest absolute Gasteiger partial charge is 0.165 e. The highest BCUT2D eigenvalue weighted by molar-refractivity contribution is 7.84. The van der Waals surface area contributed by atoms with Crippen molar-refractivity contribution in [2.75, 3.05) is 6.26 Å². The summed E-state index contributed by atoms with van der Waals surface area (Å²) < 4.78 is 11.5. The molecular formula is C19H26O2S. The van der Waals surface area contributed by atoms with Crippen molar-refractivity contribution < 1.29 is 9.00 Å². The molecule has 0 heterocycles. The van der Waals surface area contributed by atoms with Gasteiger partial charge in [-0.3, -0.25) is 9.00 Å². The first-order chi connectivity index (χ1) is 10.5. The molecule has 0 spiro atoms. The summed E-state index contributed by atoms with van der Waals surface area (Å²) in [5.74, 6) is 0.815. The summed E-state index contributed by atoms with van der Waals surface area (Å²) in [6.07, 6.45) is 9.63. The van der Waals surface area contributed by atoms with Gasteiger partial charge in [0.25, 0.3) is 0 Å². The van der Waals surface area contributed by atoms with Crippen LogP contribution in [0.1, 0.15) is 51.5 Å². The molecule has 1 aromatic rings. The van der Waals surface area contributed by atoms with Crippen molar-refractivity contribution in [1.82, 2.24) is 0 Å². The summed E-state index contributed by atoms with van der Waals surface area (Å²) >= 11 is 0. The lowest BCUT2D eigenvalue weighted by atomic mass is 9.89. The van der Waals surface area contributed by atoms with Gasteiger partial charge in [-0.05, 0) is 42.9 Å². The fourth-order valence-corrected chi connectivity index (χ4v) is 3.48. The van der Waals surface area contributed by atoms with E-state index >= 15 is 0 Å². The van der Waals surface area contributed by atoms with E-state index in [2.05, 4.69) is 13.0 Å². The van der Waals surface area contributed by atoms with Crippen LogP contribution >= 0.6 is 0 Å². The van der Waals surface area contributed by atoms with Gasteiger partial charge < -0.3 is 0 Å². The van der Waals surface area contributed by atoms with Crippen molar-refractivity contribution in [3.8, 4) is 0 Å². The molecule has 0 bridgehead atoms. The van der Waals surface area contributed by atoms with E-state index < -0.39 is 10.8 Å².